The van der Waals surface area contributed by atoms with Crippen LogP contribution in [0.5, 0.6) is 0 Å². The largest absolute Gasteiger partial charge is 0.384 e. The first-order valence-electron chi connectivity index (χ1n) is 10.7. The van der Waals surface area contributed by atoms with Crippen LogP contribution in [0.1, 0.15) is 38.4 Å². The highest BCUT2D eigenvalue weighted by Crippen LogP contribution is 2.26. The van der Waals surface area contributed by atoms with Crippen LogP contribution in [0.4, 0.5) is 5.82 Å². The molecule has 8 nitrogen and oxygen atoms in total. The Morgan fingerprint density at radius 1 is 1.11 bits per heavy atom. The van der Waals surface area contributed by atoms with Gasteiger partial charge in [0.15, 0.2) is 9.84 Å². The molecule has 3 N–H and O–H groups in total. The third-order valence-corrected chi connectivity index (χ3v) is 6.98. The fraction of sp³-hybridized carbons (Fsp3) is 0.200. The molecule has 0 aliphatic carbocycles. The lowest BCUT2D eigenvalue weighted by Crippen LogP contribution is -2.24. The van der Waals surface area contributed by atoms with Crippen molar-refractivity contribution in [1.29, 1.82) is 0 Å². The number of sulfone groups is 1. The van der Waals surface area contributed by atoms with Crippen LogP contribution in [0, 0.1) is 13.8 Å². The number of benzene rings is 1. The second kappa shape index (κ2) is 9.59. The number of carbonyl (C=O) groups excluding carboxylic acids is 1. The van der Waals surface area contributed by atoms with Gasteiger partial charge >= 0.3 is 0 Å². The minimum Gasteiger partial charge on any atom is -0.384 e. The Morgan fingerprint density at radius 2 is 1.89 bits per heavy atom. The number of hydrogen-bond donors (Lipinski definition) is 2. The SMILES string of the molecule is Cc1cc(N)nc(C)c1CNC(=O)c1ccnc(Cc2cc(S(C)(=O)=O)cc3cc(Cl)cnc23)c1. The van der Waals surface area contributed by atoms with Crippen LogP contribution in [0.25, 0.3) is 10.9 Å². The van der Waals surface area contributed by atoms with Gasteiger partial charge in [0.2, 0.25) is 0 Å². The Labute approximate surface area is 208 Å². The number of amides is 1. The zero-order chi connectivity index (χ0) is 25.3. The number of carbonyl (C=O) groups is 1. The van der Waals surface area contributed by atoms with Crippen molar-refractivity contribution in [1.82, 2.24) is 20.3 Å². The topological polar surface area (TPSA) is 128 Å². The molecule has 0 fully saturated rings. The molecule has 0 unspecified atom stereocenters. The van der Waals surface area contributed by atoms with E-state index in [4.69, 9.17) is 17.3 Å². The number of fused-ring (bicyclic) bond motifs is 1. The first-order valence-corrected chi connectivity index (χ1v) is 13.0. The molecule has 4 aromatic rings. The molecule has 0 saturated heterocycles. The van der Waals surface area contributed by atoms with Crippen molar-refractivity contribution in [3.05, 3.63) is 87.5 Å². The van der Waals surface area contributed by atoms with Crippen LogP contribution >= 0.6 is 11.6 Å². The molecule has 3 heterocycles. The molecule has 1 aromatic carbocycles. The third kappa shape index (κ3) is 5.58. The lowest BCUT2D eigenvalue weighted by atomic mass is 10.0. The molecule has 3 aromatic heterocycles. The van der Waals surface area contributed by atoms with Crippen molar-refractivity contribution in [2.24, 2.45) is 0 Å². The quantitative estimate of drug-likeness (QED) is 0.404. The summed E-state index contributed by atoms with van der Waals surface area (Å²) in [5, 5.41) is 3.95. The van der Waals surface area contributed by atoms with E-state index in [1.54, 1.807) is 42.6 Å². The van der Waals surface area contributed by atoms with Gasteiger partial charge in [0, 0.05) is 54.0 Å². The molecule has 0 bridgehead atoms. The number of anilines is 1. The molecular formula is C25H24ClN5O3S. The van der Waals surface area contributed by atoms with Crippen molar-refractivity contribution >= 4 is 44.1 Å². The average molecular weight is 510 g/mol. The lowest BCUT2D eigenvalue weighted by Gasteiger charge is -2.12. The van der Waals surface area contributed by atoms with E-state index in [2.05, 4.69) is 20.3 Å². The zero-order valence-electron chi connectivity index (χ0n) is 19.5. The fourth-order valence-electron chi connectivity index (χ4n) is 3.95. The van der Waals surface area contributed by atoms with Crippen molar-refractivity contribution in [3.63, 3.8) is 0 Å². The molecule has 0 aliphatic heterocycles. The molecule has 180 valence electrons. The molecule has 0 radical (unpaired) electrons. The van der Waals surface area contributed by atoms with E-state index in [9.17, 15) is 13.2 Å². The highest BCUT2D eigenvalue weighted by molar-refractivity contribution is 7.90. The summed E-state index contributed by atoms with van der Waals surface area (Å²) < 4.78 is 24.5. The summed E-state index contributed by atoms with van der Waals surface area (Å²) in [5.74, 6) is 0.182. The van der Waals surface area contributed by atoms with Gasteiger partial charge in [0.05, 0.1) is 15.4 Å². The molecular weight excluding hydrogens is 486 g/mol. The minimum absolute atomic E-state index is 0.167. The summed E-state index contributed by atoms with van der Waals surface area (Å²) in [5.41, 5.74) is 10.7. The van der Waals surface area contributed by atoms with E-state index in [1.165, 1.54) is 6.20 Å². The van der Waals surface area contributed by atoms with Crippen LogP contribution in [0.15, 0.2) is 53.7 Å². The monoisotopic (exact) mass is 509 g/mol. The number of nitrogens with one attached hydrogen (secondary N) is 1. The summed E-state index contributed by atoms with van der Waals surface area (Å²) in [6.07, 6.45) is 4.51. The number of nitrogen functional groups attached to an aromatic ring is 1. The lowest BCUT2D eigenvalue weighted by molar-refractivity contribution is 0.0950. The van der Waals surface area contributed by atoms with Crippen LogP contribution < -0.4 is 11.1 Å². The molecule has 35 heavy (non-hydrogen) atoms. The Morgan fingerprint density at radius 3 is 2.60 bits per heavy atom. The highest BCUT2D eigenvalue weighted by atomic mass is 35.5. The summed E-state index contributed by atoms with van der Waals surface area (Å²) >= 11 is 6.08. The highest BCUT2D eigenvalue weighted by Gasteiger charge is 2.15. The Balaban J connectivity index is 1.61. The fourth-order valence-corrected chi connectivity index (χ4v) is 4.82. The van der Waals surface area contributed by atoms with Gasteiger partial charge < -0.3 is 11.1 Å². The predicted molar refractivity (Wildman–Crippen MR) is 136 cm³/mol. The van der Waals surface area contributed by atoms with Gasteiger partial charge in [0.1, 0.15) is 5.82 Å². The van der Waals surface area contributed by atoms with Crippen molar-refractivity contribution in [2.75, 3.05) is 12.0 Å². The smallest absolute Gasteiger partial charge is 0.251 e. The van der Waals surface area contributed by atoms with E-state index >= 15 is 0 Å². The molecule has 0 saturated carbocycles. The number of aryl methyl sites for hydroxylation is 2. The van der Waals surface area contributed by atoms with Gasteiger partial charge in [-0.2, -0.15) is 0 Å². The van der Waals surface area contributed by atoms with Gasteiger partial charge in [-0.25, -0.2) is 13.4 Å². The van der Waals surface area contributed by atoms with E-state index in [1.807, 2.05) is 13.8 Å². The Bertz CT molecular complexity index is 1550. The Hall–Kier alpha value is -3.56. The Kier molecular flexibility index (Phi) is 6.73. The molecule has 0 atom stereocenters. The summed E-state index contributed by atoms with van der Waals surface area (Å²) in [7, 11) is -3.46. The molecule has 0 spiro atoms. The maximum Gasteiger partial charge on any atom is 0.251 e. The standard InChI is InChI=1S/C25H24ClN5O3S/c1-14-6-23(27)31-15(2)22(14)13-30-25(32)16-4-5-28-20(8-16)9-18-11-21(35(3,33)34)10-17-7-19(26)12-29-24(17)18/h4-8,10-12H,9,13H2,1-3H3,(H2,27,31)(H,30,32). The summed E-state index contributed by atoms with van der Waals surface area (Å²) in [6.45, 7) is 4.09. The normalized spacial score (nSPS) is 11.5. The second-order valence-electron chi connectivity index (χ2n) is 8.40. The summed E-state index contributed by atoms with van der Waals surface area (Å²) in [6, 6.07) is 9.91. The number of nitrogens with zero attached hydrogens (tertiary/aromatic N) is 3. The average Bonchev–Trinajstić information content (AvgIpc) is 2.77. The van der Waals surface area contributed by atoms with E-state index in [-0.39, 0.29) is 17.2 Å². The number of rotatable bonds is 6. The van der Waals surface area contributed by atoms with E-state index in [0.29, 0.717) is 45.1 Å². The minimum atomic E-state index is -3.46. The van der Waals surface area contributed by atoms with Crippen LogP contribution in [-0.4, -0.2) is 35.5 Å². The van der Waals surface area contributed by atoms with Gasteiger partial charge in [-0.3, -0.25) is 14.8 Å². The van der Waals surface area contributed by atoms with Crippen LogP contribution in [0.2, 0.25) is 5.02 Å². The van der Waals surface area contributed by atoms with Crippen molar-refractivity contribution < 1.29 is 13.2 Å². The number of aromatic nitrogens is 3. The molecule has 10 heteroatoms. The number of halogens is 1. The van der Waals surface area contributed by atoms with Crippen molar-refractivity contribution in [3.8, 4) is 0 Å². The number of hydrogen-bond acceptors (Lipinski definition) is 7. The third-order valence-electron chi connectivity index (χ3n) is 5.68. The number of pyridine rings is 3. The number of nitrogens with two attached hydrogens (primary N) is 1. The first kappa shape index (κ1) is 24.6. The second-order valence-corrected chi connectivity index (χ2v) is 10.9. The van der Waals surface area contributed by atoms with E-state index in [0.717, 1.165) is 23.1 Å². The van der Waals surface area contributed by atoms with Gasteiger partial charge in [0.25, 0.3) is 5.91 Å². The maximum absolute atomic E-state index is 12.9. The molecule has 0 aliphatic rings. The van der Waals surface area contributed by atoms with Crippen molar-refractivity contribution in [2.45, 2.75) is 31.7 Å². The van der Waals surface area contributed by atoms with E-state index < -0.39 is 9.84 Å². The van der Waals surface area contributed by atoms with Gasteiger partial charge in [-0.1, -0.05) is 11.6 Å². The maximum atomic E-state index is 12.9. The van der Waals surface area contributed by atoms with Crippen LogP contribution in [-0.2, 0) is 22.8 Å². The van der Waals surface area contributed by atoms with Crippen LogP contribution in [0.3, 0.4) is 0 Å². The van der Waals surface area contributed by atoms with Gasteiger partial charge in [-0.05, 0) is 66.9 Å². The summed E-state index contributed by atoms with van der Waals surface area (Å²) in [4.78, 5) is 26.1. The molecule has 1 amide bonds. The van der Waals surface area contributed by atoms with Gasteiger partial charge in [-0.15, -0.1) is 0 Å². The zero-order valence-corrected chi connectivity index (χ0v) is 21.0. The molecule has 4 rings (SSSR count). The predicted octanol–water partition coefficient (Wildman–Crippen LogP) is 3.80. The first-order chi connectivity index (χ1) is 16.5.